The third kappa shape index (κ3) is 7.60. The monoisotopic (exact) mass is 624 g/mol. The van der Waals surface area contributed by atoms with E-state index in [4.69, 9.17) is 9.47 Å². The summed E-state index contributed by atoms with van der Waals surface area (Å²) in [5.41, 5.74) is 3.67. The van der Waals surface area contributed by atoms with Crippen LogP contribution in [-0.4, -0.2) is 48.1 Å². The first-order valence-corrected chi connectivity index (χ1v) is 15.6. The molecule has 42 heavy (non-hydrogen) atoms. The number of ether oxygens (including phenoxy) is 4. The number of methoxy groups -OCH3 is 3. The molecule has 0 aliphatic heterocycles. The second kappa shape index (κ2) is 15.0. The van der Waals surface area contributed by atoms with Crippen LogP contribution in [0.2, 0.25) is 0 Å². The Bertz CT molecular complexity index is 1550. The molecule has 0 unspecified atom stereocenters. The molecule has 0 amide bonds. The number of carbonyl (C=O) groups excluding carboxylic acids is 2. The van der Waals surface area contributed by atoms with Gasteiger partial charge in [0, 0.05) is 22.4 Å². The quantitative estimate of drug-likeness (QED) is 0.0809. The Balaban J connectivity index is 0.000000283. The number of aromatic nitrogens is 2. The van der Waals surface area contributed by atoms with Gasteiger partial charge in [-0.05, 0) is 66.8 Å². The Kier molecular flexibility index (Phi) is 11.2. The van der Waals surface area contributed by atoms with Crippen molar-refractivity contribution in [2.75, 3.05) is 21.3 Å². The van der Waals surface area contributed by atoms with E-state index in [9.17, 15) is 9.59 Å². The van der Waals surface area contributed by atoms with Crippen molar-refractivity contribution in [1.29, 1.82) is 0 Å². The van der Waals surface area contributed by atoms with E-state index in [-0.39, 0.29) is 17.5 Å². The Morgan fingerprint density at radius 1 is 0.905 bits per heavy atom. The number of hydrogen-bond donors (Lipinski definition) is 0. The Morgan fingerprint density at radius 3 is 2.17 bits per heavy atom. The molecule has 4 aromatic rings. The van der Waals surface area contributed by atoms with Crippen molar-refractivity contribution < 1.29 is 28.5 Å². The van der Waals surface area contributed by atoms with Gasteiger partial charge >= 0.3 is 11.9 Å². The summed E-state index contributed by atoms with van der Waals surface area (Å²) in [6.07, 6.45) is 7.24. The van der Waals surface area contributed by atoms with Crippen molar-refractivity contribution in [2.24, 2.45) is 5.92 Å². The standard InChI is InChI=1S/C22H16N2O3S3.C9H16O3/c1-13(22(25)26-3)8-9-14(2)27-16-12-15(17-6-4-10-28-17)20-21(24-30-23-20)19(16)18-7-5-11-29-18;1-11-8-5-3-7(4-6-8)9(10)12-2/h4-12H,1-2H2,3H3;7-8H,3-6H2,1-2H3/b9-8-;. The molecule has 8 nitrogen and oxygen atoms in total. The highest BCUT2D eigenvalue weighted by molar-refractivity contribution is 7.14. The molecule has 1 aliphatic carbocycles. The molecule has 1 aromatic carbocycles. The normalized spacial score (nSPS) is 16.5. The first-order valence-electron chi connectivity index (χ1n) is 13.2. The van der Waals surface area contributed by atoms with Crippen LogP contribution < -0.4 is 4.74 Å². The summed E-state index contributed by atoms with van der Waals surface area (Å²) in [6, 6.07) is 10.0. The van der Waals surface area contributed by atoms with E-state index in [1.54, 1.807) is 35.9 Å². The lowest BCUT2D eigenvalue weighted by Crippen LogP contribution is -2.26. The molecule has 0 atom stereocenters. The van der Waals surface area contributed by atoms with Crippen LogP contribution in [0.1, 0.15) is 25.7 Å². The van der Waals surface area contributed by atoms with Gasteiger partial charge in [0.1, 0.15) is 22.5 Å². The minimum atomic E-state index is -0.506. The van der Waals surface area contributed by atoms with Crippen LogP contribution in [0.25, 0.3) is 31.9 Å². The number of carbonyl (C=O) groups is 2. The molecule has 0 radical (unpaired) electrons. The number of nitrogens with zero attached hydrogens (tertiary/aromatic N) is 2. The predicted molar refractivity (Wildman–Crippen MR) is 169 cm³/mol. The Hall–Kier alpha value is -3.64. The summed E-state index contributed by atoms with van der Waals surface area (Å²) in [7, 11) is 4.48. The van der Waals surface area contributed by atoms with E-state index in [0.29, 0.717) is 17.6 Å². The zero-order chi connectivity index (χ0) is 30.1. The number of thiophene rings is 2. The van der Waals surface area contributed by atoms with Crippen LogP contribution in [-0.2, 0) is 23.8 Å². The molecule has 0 spiro atoms. The van der Waals surface area contributed by atoms with Gasteiger partial charge in [0.2, 0.25) is 0 Å². The van der Waals surface area contributed by atoms with Crippen molar-refractivity contribution in [3.05, 3.63) is 77.7 Å². The van der Waals surface area contributed by atoms with Gasteiger partial charge in [0.15, 0.2) is 0 Å². The maximum absolute atomic E-state index is 11.5. The molecular weight excluding hydrogens is 593 g/mol. The number of rotatable bonds is 9. The average molecular weight is 625 g/mol. The fourth-order valence-electron chi connectivity index (χ4n) is 4.55. The third-order valence-corrected chi connectivity index (χ3v) is 9.08. The van der Waals surface area contributed by atoms with Gasteiger partial charge in [0.25, 0.3) is 0 Å². The van der Waals surface area contributed by atoms with E-state index in [1.165, 1.54) is 32.0 Å². The summed E-state index contributed by atoms with van der Waals surface area (Å²) >= 11 is 4.41. The lowest BCUT2D eigenvalue weighted by Gasteiger charge is -2.25. The molecule has 0 N–H and O–H groups in total. The number of fused-ring (bicyclic) bond motifs is 1. The van der Waals surface area contributed by atoms with Crippen molar-refractivity contribution in [3.63, 3.8) is 0 Å². The van der Waals surface area contributed by atoms with E-state index < -0.39 is 5.97 Å². The van der Waals surface area contributed by atoms with Gasteiger partial charge in [-0.15, -0.1) is 22.7 Å². The van der Waals surface area contributed by atoms with Crippen molar-refractivity contribution >= 4 is 57.4 Å². The molecule has 0 bridgehead atoms. The fourth-order valence-corrected chi connectivity index (χ4v) is 6.63. The molecule has 1 saturated carbocycles. The molecule has 1 aliphatic rings. The topological polar surface area (TPSA) is 96.8 Å². The summed E-state index contributed by atoms with van der Waals surface area (Å²) in [4.78, 5) is 24.7. The highest BCUT2D eigenvalue weighted by Crippen LogP contribution is 2.44. The molecule has 5 rings (SSSR count). The molecule has 3 heterocycles. The largest absolute Gasteiger partial charge is 0.469 e. The zero-order valence-corrected chi connectivity index (χ0v) is 26.1. The lowest BCUT2D eigenvalue weighted by molar-refractivity contribution is -0.147. The smallest absolute Gasteiger partial charge is 0.337 e. The van der Waals surface area contributed by atoms with Gasteiger partial charge in [-0.1, -0.05) is 25.3 Å². The maximum Gasteiger partial charge on any atom is 0.337 e. The number of esters is 2. The van der Waals surface area contributed by atoms with E-state index in [2.05, 4.69) is 31.4 Å². The highest BCUT2D eigenvalue weighted by atomic mass is 32.1. The molecule has 220 valence electrons. The van der Waals surface area contributed by atoms with Crippen LogP contribution in [0.15, 0.2) is 77.7 Å². The highest BCUT2D eigenvalue weighted by Gasteiger charge is 2.26. The lowest BCUT2D eigenvalue weighted by atomic mass is 9.87. The second-order valence-corrected chi connectivity index (χ2v) is 11.8. The van der Waals surface area contributed by atoms with E-state index in [0.717, 1.165) is 57.6 Å². The van der Waals surface area contributed by atoms with Crippen molar-refractivity contribution in [1.82, 2.24) is 8.75 Å². The third-order valence-electron chi connectivity index (χ3n) is 6.76. The summed E-state index contributed by atoms with van der Waals surface area (Å²) in [5, 5.41) is 4.03. The maximum atomic E-state index is 11.5. The second-order valence-electron chi connectivity index (χ2n) is 9.36. The number of allylic oxidation sites excluding steroid dienone is 1. The van der Waals surface area contributed by atoms with Crippen LogP contribution in [0.4, 0.5) is 0 Å². The SMILES string of the molecule is C=C(/C=C\C(=C)C(=O)OC)Oc1cc(-c2cccs2)c2nsnc2c1-c1cccs1.COC(=O)C1CCC(OC)CC1. The average Bonchev–Trinajstić information content (AvgIpc) is 3.82. The van der Waals surface area contributed by atoms with Crippen LogP contribution in [0.5, 0.6) is 5.75 Å². The summed E-state index contributed by atoms with van der Waals surface area (Å²) in [6.45, 7) is 7.63. The predicted octanol–water partition coefficient (Wildman–Crippen LogP) is 7.69. The van der Waals surface area contributed by atoms with Crippen LogP contribution in [0, 0.1) is 5.92 Å². The first kappa shape index (κ1) is 31.3. The van der Waals surface area contributed by atoms with E-state index in [1.807, 2.05) is 41.1 Å². The molecular formula is C31H32N2O6S3. The van der Waals surface area contributed by atoms with Crippen molar-refractivity contribution in [2.45, 2.75) is 31.8 Å². The van der Waals surface area contributed by atoms with Gasteiger partial charge in [-0.25, -0.2) is 4.79 Å². The fraction of sp³-hybridized carbons (Fsp3) is 0.290. The molecule has 0 saturated heterocycles. The van der Waals surface area contributed by atoms with Gasteiger partial charge in [0.05, 0.1) is 49.1 Å². The van der Waals surface area contributed by atoms with Crippen LogP contribution in [0.3, 0.4) is 0 Å². The Morgan fingerprint density at radius 2 is 1.57 bits per heavy atom. The first-order chi connectivity index (χ1) is 20.4. The Labute approximate surface area is 257 Å². The molecule has 11 heteroatoms. The zero-order valence-electron chi connectivity index (χ0n) is 23.7. The van der Waals surface area contributed by atoms with E-state index >= 15 is 0 Å². The van der Waals surface area contributed by atoms with Crippen molar-refractivity contribution in [3.8, 4) is 26.6 Å². The van der Waals surface area contributed by atoms with Gasteiger partial charge < -0.3 is 18.9 Å². The summed E-state index contributed by atoms with van der Waals surface area (Å²) < 4.78 is 29.8. The molecule has 1 fully saturated rings. The minimum absolute atomic E-state index is 0.0652. The van der Waals surface area contributed by atoms with Gasteiger partial charge in [-0.3, -0.25) is 4.79 Å². The number of benzene rings is 1. The molecule has 3 aromatic heterocycles. The van der Waals surface area contributed by atoms with Gasteiger partial charge in [-0.2, -0.15) is 8.75 Å². The van der Waals surface area contributed by atoms with Crippen LogP contribution >= 0.6 is 34.4 Å². The minimum Gasteiger partial charge on any atom is -0.469 e. The number of hydrogen-bond acceptors (Lipinski definition) is 11. The summed E-state index contributed by atoms with van der Waals surface area (Å²) in [5.74, 6) is 0.524.